The van der Waals surface area contributed by atoms with E-state index < -0.39 is 17.2 Å². The Bertz CT molecular complexity index is 775. The Morgan fingerprint density at radius 3 is 2.78 bits per heavy atom. The van der Waals surface area contributed by atoms with Crippen LogP contribution >= 0.6 is 21.6 Å². The lowest BCUT2D eigenvalue weighted by molar-refractivity contribution is -0.384. The zero-order valence-corrected chi connectivity index (χ0v) is 15.7. The molecule has 2 heterocycles. The first-order valence-corrected chi connectivity index (χ1v) is 10.3. The van der Waals surface area contributed by atoms with Gasteiger partial charge in [0.2, 0.25) is 0 Å². The van der Waals surface area contributed by atoms with Gasteiger partial charge >= 0.3 is 6.16 Å². The van der Waals surface area contributed by atoms with Crippen LogP contribution in [0.15, 0.2) is 53.7 Å². The minimum atomic E-state index is -0.868. The highest BCUT2D eigenvalue weighted by Crippen LogP contribution is 2.38. The number of aromatic nitrogens is 1. The minimum absolute atomic E-state index is 0.0372. The monoisotopic (exact) mass is 408 g/mol. The van der Waals surface area contributed by atoms with Gasteiger partial charge in [-0.05, 0) is 41.5 Å². The summed E-state index contributed by atoms with van der Waals surface area (Å²) in [6.07, 6.45) is 1.14. The molecule has 0 amide bonds. The van der Waals surface area contributed by atoms with E-state index in [0.29, 0.717) is 6.61 Å². The minimum Gasteiger partial charge on any atom is -0.427 e. The average Bonchev–Trinajstić information content (AvgIpc) is 2.68. The van der Waals surface area contributed by atoms with Gasteiger partial charge in [0.15, 0.2) is 0 Å². The molecule has 0 N–H and O–H groups in total. The van der Waals surface area contributed by atoms with Gasteiger partial charge in [-0.1, -0.05) is 16.9 Å². The van der Waals surface area contributed by atoms with Crippen molar-refractivity contribution in [1.29, 1.82) is 0 Å². The molecule has 2 aromatic rings. The van der Waals surface area contributed by atoms with Crippen LogP contribution in [0.1, 0.15) is 6.42 Å². The maximum atomic E-state index is 12.1. The van der Waals surface area contributed by atoms with E-state index in [1.165, 1.54) is 35.1 Å². The smallest absolute Gasteiger partial charge is 0.427 e. The lowest BCUT2D eigenvalue weighted by Gasteiger charge is -2.29. The fraction of sp³-hybridized carbons (Fsp3) is 0.294. The first-order valence-electron chi connectivity index (χ1n) is 8.07. The number of hydrogen-bond acceptors (Lipinski definition) is 9. The summed E-state index contributed by atoms with van der Waals surface area (Å²) < 4.78 is 15.9. The lowest BCUT2D eigenvalue weighted by Crippen LogP contribution is -2.38. The van der Waals surface area contributed by atoms with Crippen molar-refractivity contribution in [2.24, 2.45) is 0 Å². The zero-order chi connectivity index (χ0) is 19.1. The predicted octanol–water partition coefficient (Wildman–Crippen LogP) is 4.10. The van der Waals surface area contributed by atoms with Crippen LogP contribution in [0.3, 0.4) is 0 Å². The third-order valence-corrected chi connectivity index (χ3v) is 6.47. The highest BCUT2D eigenvalue weighted by molar-refractivity contribution is 8.76. The summed E-state index contributed by atoms with van der Waals surface area (Å²) in [5.41, 5.74) is -0.0839. The molecule has 142 valence electrons. The Morgan fingerprint density at radius 2 is 2.07 bits per heavy atom. The Balaban J connectivity index is 1.53. The SMILES string of the molecule is O=C(Oc1ccc([N+](=O)[O-])cc1)O[C@@H]1COCC[C@H]1SSc1ccccn1. The van der Waals surface area contributed by atoms with Gasteiger partial charge in [-0.15, -0.1) is 0 Å². The van der Waals surface area contributed by atoms with Gasteiger partial charge in [0.1, 0.15) is 16.9 Å². The fourth-order valence-corrected chi connectivity index (χ4v) is 4.83. The summed E-state index contributed by atoms with van der Waals surface area (Å²) in [5, 5.41) is 11.6. The second-order valence-electron chi connectivity index (χ2n) is 5.51. The van der Waals surface area contributed by atoms with Crippen LogP contribution in [0, 0.1) is 10.1 Å². The summed E-state index contributed by atoms with van der Waals surface area (Å²) >= 11 is 0. The van der Waals surface area contributed by atoms with Crippen molar-refractivity contribution in [3.63, 3.8) is 0 Å². The highest BCUT2D eigenvalue weighted by Gasteiger charge is 2.31. The summed E-state index contributed by atoms with van der Waals surface area (Å²) in [6, 6.07) is 10.9. The van der Waals surface area contributed by atoms with Gasteiger partial charge in [-0.3, -0.25) is 10.1 Å². The molecule has 3 rings (SSSR count). The Hall–Kier alpha value is -2.30. The fourth-order valence-electron chi connectivity index (χ4n) is 2.30. The maximum Gasteiger partial charge on any atom is 0.514 e. The van der Waals surface area contributed by atoms with E-state index in [0.717, 1.165) is 11.4 Å². The number of ether oxygens (including phenoxy) is 3. The number of pyridine rings is 1. The van der Waals surface area contributed by atoms with Crippen LogP contribution in [0.4, 0.5) is 10.5 Å². The average molecular weight is 408 g/mol. The molecule has 27 heavy (non-hydrogen) atoms. The van der Waals surface area contributed by atoms with E-state index in [2.05, 4.69) is 4.98 Å². The summed E-state index contributed by atoms with van der Waals surface area (Å²) in [5.74, 6) is 0.175. The number of carbonyl (C=O) groups excluding carboxylic acids is 1. The van der Waals surface area contributed by atoms with E-state index >= 15 is 0 Å². The van der Waals surface area contributed by atoms with Crippen molar-refractivity contribution in [1.82, 2.24) is 4.98 Å². The molecular weight excluding hydrogens is 392 g/mol. The van der Waals surface area contributed by atoms with E-state index in [9.17, 15) is 14.9 Å². The van der Waals surface area contributed by atoms with Gasteiger partial charge in [-0.2, -0.15) is 0 Å². The van der Waals surface area contributed by atoms with Crippen LogP contribution in [0.2, 0.25) is 0 Å². The maximum absolute atomic E-state index is 12.1. The third kappa shape index (κ3) is 5.84. The topological polar surface area (TPSA) is 101 Å². The lowest BCUT2D eigenvalue weighted by atomic mass is 10.1. The molecule has 1 aromatic carbocycles. The normalized spacial score (nSPS) is 19.3. The van der Waals surface area contributed by atoms with Crippen LogP contribution in [-0.4, -0.2) is 40.6 Å². The molecule has 0 bridgehead atoms. The molecule has 8 nitrogen and oxygen atoms in total. The molecule has 1 saturated heterocycles. The van der Waals surface area contributed by atoms with Crippen LogP contribution < -0.4 is 4.74 Å². The molecule has 0 radical (unpaired) electrons. The van der Waals surface area contributed by atoms with Crippen molar-refractivity contribution in [3.8, 4) is 5.75 Å². The highest BCUT2D eigenvalue weighted by atomic mass is 33.1. The van der Waals surface area contributed by atoms with E-state index in [4.69, 9.17) is 14.2 Å². The summed E-state index contributed by atoms with van der Waals surface area (Å²) in [4.78, 5) is 26.4. The van der Waals surface area contributed by atoms with Crippen molar-refractivity contribution < 1.29 is 23.9 Å². The van der Waals surface area contributed by atoms with E-state index in [1.807, 2.05) is 18.2 Å². The Labute approximate surface area is 163 Å². The quantitative estimate of drug-likeness (QED) is 0.230. The first kappa shape index (κ1) is 19.5. The molecule has 2 atom stereocenters. The van der Waals surface area contributed by atoms with E-state index in [-0.39, 0.29) is 23.3 Å². The number of nitro benzene ring substituents is 1. The molecule has 0 saturated carbocycles. The second kappa shape index (κ2) is 9.58. The van der Waals surface area contributed by atoms with E-state index in [1.54, 1.807) is 17.0 Å². The number of rotatable bonds is 6. The number of carbonyl (C=O) groups is 1. The van der Waals surface area contributed by atoms with Crippen LogP contribution in [0.25, 0.3) is 0 Å². The molecule has 1 aliphatic rings. The number of nitro groups is 1. The van der Waals surface area contributed by atoms with Crippen LogP contribution in [0.5, 0.6) is 5.75 Å². The van der Waals surface area contributed by atoms with Crippen LogP contribution in [-0.2, 0) is 9.47 Å². The predicted molar refractivity (Wildman–Crippen MR) is 101 cm³/mol. The molecule has 0 unspecified atom stereocenters. The number of hydrogen-bond donors (Lipinski definition) is 0. The van der Waals surface area contributed by atoms with Crippen molar-refractivity contribution in [2.75, 3.05) is 13.2 Å². The second-order valence-corrected chi connectivity index (χ2v) is 7.97. The molecule has 1 aliphatic heterocycles. The van der Waals surface area contributed by atoms with Crippen molar-refractivity contribution in [3.05, 3.63) is 58.8 Å². The zero-order valence-electron chi connectivity index (χ0n) is 14.1. The van der Waals surface area contributed by atoms with Gasteiger partial charge in [0.25, 0.3) is 5.69 Å². The molecule has 10 heteroatoms. The molecule has 0 aliphatic carbocycles. The van der Waals surface area contributed by atoms with Gasteiger partial charge in [-0.25, -0.2) is 9.78 Å². The van der Waals surface area contributed by atoms with Crippen molar-refractivity contribution in [2.45, 2.75) is 22.8 Å². The molecule has 1 fully saturated rings. The standard InChI is InChI=1S/C17H16N2O6S2/c20-17(24-13-6-4-12(5-7-13)19(21)22)25-14-11-23-10-8-15(14)26-27-16-3-1-2-9-18-16/h1-7,9,14-15H,8,10-11H2/t14-,15-/m1/s1. The molecule has 0 spiro atoms. The third-order valence-electron chi connectivity index (χ3n) is 3.63. The van der Waals surface area contributed by atoms with Crippen molar-refractivity contribution >= 4 is 33.4 Å². The number of nitrogens with zero attached hydrogens (tertiary/aromatic N) is 2. The van der Waals surface area contributed by atoms with Gasteiger partial charge < -0.3 is 14.2 Å². The Morgan fingerprint density at radius 1 is 1.26 bits per heavy atom. The molecular formula is C17H16N2O6S2. The Kier molecular flexibility index (Phi) is 6.91. The largest absolute Gasteiger partial charge is 0.514 e. The first-order chi connectivity index (χ1) is 13.1. The number of non-ortho nitro benzene ring substituents is 1. The summed E-state index contributed by atoms with van der Waals surface area (Å²) in [7, 11) is 3.10. The van der Waals surface area contributed by atoms with Gasteiger partial charge in [0, 0.05) is 24.9 Å². The van der Waals surface area contributed by atoms with Gasteiger partial charge in [0.05, 0.1) is 16.8 Å². The molecule has 1 aromatic heterocycles. The number of benzene rings is 1. The summed E-state index contributed by atoms with van der Waals surface area (Å²) in [6.45, 7) is 0.882.